The van der Waals surface area contributed by atoms with E-state index >= 15 is 0 Å². The van der Waals surface area contributed by atoms with Crippen molar-refractivity contribution in [2.24, 2.45) is 0 Å². The number of benzene rings is 2. The number of nitrogens with zero attached hydrogens (tertiary/aromatic N) is 1. The molecular formula is C20H20ClNO. The molecule has 0 saturated carbocycles. The number of halogens is 1. The molecule has 1 N–H and O–H groups in total. The van der Waals surface area contributed by atoms with E-state index < -0.39 is 0 Å². The third-order valence-corrected chi connectivity index (χ3v) is 4.53. The summed E-state index contributed by atoms with van der Waals surface area (Å²) in [4.78, 5) is 2.32. The molecule has 0 spiro atoms. The van der Waals surface area contributed by atoms with E-state index in [1.54, 1.807) is 0 Å². The summed E-state index contributed by atoms with van der Waals surface area (Å²) in [5.74, 6) is 6.66. The summed E-state index contributed by atoms with van der Waals surface area (Å²) in [7, 11) is 0. The van der Waals surface area contributed by atoms with Crippen molar-refractivity contribution in [2.75, 3.05) is 13.2 Å². The first-order valence-electron chi connectivity index (χ1n) is 7.96. The number of likely N-dealkylation sites (tertiary alicyclic amines) is 1. The van der Waals surface area contributed by atoms with E-state index in [0.717, 1.165) is 30.0 Å². The highest BCUT2D eigenvalue weighted by Gasteiger charge is 2.30. The van der Waals surface area contributed by atoms with Crippen LogP contribution >= 0.6 is 11.6 Å². The average Bonchev–Trinajstić information content (AvgIpc) is 3.06. The highest BCUT2D eigenvalue weighted by atomic mass is 35.5. The topological polar surface area (TPSA) is 23.5 Å². The first kappa shape index (κ1) is 16.1. The molecule has 0 unspecified atom stereocenters. The Labute approximate surface area is 142 Å². The predicted octanol–water partition coefficient (Wildman–Crippen LogP) is 3.89. The molecule has 118 valence electrons. The molecule has 2 aromatic carbocycles. The lowest BCUT2D eigenvalue weighted by Crippen LogP contribution is -2.35. The van der Waals surface area contributed by atoms with E-state index in [1.807, 2.05) is 42.5 Å². The Kier molecular flexibility index (Phi) is 5.35. The maximum Gasteiger partial charge on any atom is 0.0977 e. The van der Waals surface area contributed by atoms with Gasteiger partial charge in [-0.25, -0.2) is 0 Å². The summed E-state index contributed by atoms with van der Waals surface area (Å²) in [6.07, 6.45) is 2.14. The first-order chi connectivity index (χ1) is 11.3. The van der Waals surface area contributed by atoms with E-state index in [1.165, 1.54) is 5.56 Å². The largest absolute Gasteiger partial charge is 0.395 e. The van der Waals surface area contributed by atoms with E-state index in [0.29, 0.717) is 0 Å². The van der Waals surface area contributed by atoms with Gasteiger partial charge in [0.2, 0.25) is 0 Å². The van der Waals surface area contributed by atoms with Crippen LogP contribution in [0.1, 0.15) is 30.0 Å². The van der Waals surface area contributed by atoms with Crippen LogP contribution in [0.4, 0.5) is 0 Å². The number of rotatable bonds is 3. The second kappa shape index (κ2) is 7.66. The van der Waals surface area contributed by atoms with Crippen LogP contribution in [0.15, 0.2) is 54.6 Å². The minimum absolute atomic E-state index is 0.00604. The highest BCUT2D eigenvalue weighted by molar-refractivity contribution is 6.30. The Bertz CT molecular complexity index is 687. The van der Waals surface area contributed by atoms with Crippen molar-refractivity contribution >= 4 is 11.6 Å². The Hall–Kier alpha value is -1.79. The highest BCUT2D eigenvalue weighted by Crippen LogP contribution is 2.29. The van der Waals surface area contributed by atoms with Crippen molar-refractivity contribution in [1.29, 1.82) is 0 Å². The molecule has 1 fully saturated rings. The molecule has 0 aliphatic carbocycles. The molecule has 1 saturated heterocycles. The smallest absolute Gasteiger partial charge is 0.0977 e. The number of hydrogen-bond donors (Lipinski definition) is 1. The van der Waals surface area contributed by atoms with Crippen molar-refractivity contribution in [2.45, 2.75) is 24.9 Å². The minimum atomic E-state index is 0.00604. The van der Waals surface area contributed by atoms with Crippen molar-refractivity contribution in [3.8, 4) is 11.8 Å². The zero-order chi connectivity index (χ0) is 16.1. The fraction of sp³-hybridized carbons (Fsp3) is 0.300. The van der Waals surface area contributed by atoms with E-state index in [2.05, 4.69) is 28.9 Å². The monoisotopic (exact) mass is 325 g/mol. The number of aliphatic hydroxyl groups excluding tert-OH is 1. The molecule has 3 rings (SSSR count). The summed E-state index contributed by atoms with van der Waals surface area (Å²) in [5, 5.41) is 10.4. The van der Waals surface area contributed by atoms with E-state index in [4.69, 9.17) is 11.6 Å². The van der Waals surface area contributed by atoms with Crippen LogP contribution in [-0.4, -0.2) is 29.2 Å². The molecule has 2 atom stereocenters. The van der Waals surface area contributed by atoms with Crippen LogP contribution < -0.4 is 0 Å². The van der Waals surface area contributed by atoms with Crippen LogP contribution in [0.5, 0.6) is 0 Å². The van der Waals surface area contributed by atoms with Crippen molar-refractivity contribution in [3.05, 3.63) is 70.7 Å². The maximum absolute atomic E-state index is 9.64. The lowest BCUT2D eigenvalue weighted by atomic mass is 10.0. The molecule has 3 heteroatoms. The van der Waals surface area contributed by atoms with Crippen molar-refractivity contribution in [1.82, 2.24) is 4.90 Å². The molecule has 0 amide bonds. The van der Waals surface area contributed by atoms with Crippen LogP contribution in [0.2, 0.25) is 5.02 Å². The Balaban J connectivity index is 1.91. The van der Waals surface area contributed by atoms with Gasteiger partial charge in [-0.1, -0.05) is 53.8 Å². The van der Waals surface area contributed by atoms with Crippen LogP contribution in [0, 0.1) is 11.8 Å². The lowest BCUT2D eigenvalue weighted by Gasteiger charge is -2.29. The van der Waals surface area contributed by atoms with Gasteiger partial charge in [-0.3, -0.25) is 4.90 Å². The molecule has 1 aliphatic rings. The summed E-state index contributed by atoms with van der Waals surface area (Å²) in [6.45, 7) is 1.16. The molecule has 23 heavy (non-hydrogen) atoms. The normalized spacial score (nSPS) is 19.1. The zero-order valence-electron chi connectivity index (χ0n) is 13.0. The molecule has 0 aromatic heterocycles. The molecule has 1 heterocycles. The molecule has 0 bridgehead atoms. The number of aliphatic hydroxyl groups is 1. The van der Waals surface area contributed by atoms with Gasteiger partial charge >= 0.3 is 0 Å². The standard InChI is InChI=1S/C20H20ClNO/c21-18-11-8-16(9-12-18)10-13-20(17-5-2-1-3-6-17)22-14-4-7-19(22)15-23/h1-3,5-6,8-9,11-12,19-20,23H,4,7,14-15H2/t19-,20+/m0/s1. The van der Waals surface area contributed by atoms with Crippen molar-refractivity contribution < 1.29 is 5.11 Å². The zero-order valence-corrected chi connectivity index (χ0v) is 13.7. The van der Waals surface area contributed by atoms with Gasteiger partial charge in [-0.2, -0.15) is 0 Å². The third kappa shape index (κ3) is 3.95. The summed E-state index contributed by atoms with van der Waals surface area (Å²) < 4.78 is 0. The maximum atomic E-state index is 9.64. The third-order valence-electron chi connectivity index (χ3n) is 4.28. The molecular weight excluding hydrogens is 306 g/mol. The Morgan fingerprint density at radius 1 is 1.13 bits per heavy atom. The van der Waals surface area contributed by atoms with E-state index in [-0.39, 0.29) is 18.7 Å². The summed E-state index contributed by atoms with van der Waals surface area (Å²) in [6, 6.07) is 18.1. The fourth-order valence-corrected chi connectivity index (χ4v) is 3.20. The van der Waals surface area contributed by atoms with Gasteiger partial charge in [0.05, 0.1) is 12.6 Å². The van der Waals surface area contributed by atoms with Gasteiger partial charge in [0.1, 0.15) is 0 Å². The first-order valence-corrected chi connectivity index (χ1v) is 8.34. The summed E-state index contributed by atoms with van der Waals surface area (Å²) in [5.41, 5.74) is 2.13. The van der Waals surface area contributed by atoms with Gasteiger partial charge in [0.15, 0.2) is 0 Å². The predicted molar refractivity (Wildman–Crippen MR) is 94.3 cm³/mol. The molecule has 1 aliphatic heterocycles. The Morgan fingerprint density at radius 3 is 2.57 bits per heavy atom. The van der Waals surface area contributed by atoms with Gasteiger partial charge in [0.25, 0.3) is 0 Å². The van der Waals surface area contributed by atoms with Crippen LogP contribution in [0.3, 0.4) is 0 Å². The quantitative estimate of drug-likeness (QED) is 0.865. The second-order valence-corrected chi connectivity index (χ2v) is 6.24. The Morgan fingerprint density at radius 2 is 1.87 bits per heavy atom. The summed E-state index contributed by atoms with van der Waals surface area (Å²) >= 11 is 5.93. The fourth-order valence-electron chi connectivity index (χ4n) is 3.07. The lowest BCUT2D eigenvalue weighted by molar-refractivity contribution is 0.140. The van der Waals surface area contributed by atoms with Crippen molar-refractivity contribution in [3.63, 3.8) is 0 Å². The van der Waals surface area contributed by atoms with Gasteiger partial charge in [-0.15, -0.1) is 0 Å². The van der Waals surface area contributed by atoms with Crippen LogP contribution in [-0.2, 0) is 0 Å². The van der Waals surface area contributed by atoms with E-state index in [9.17, 15) is 5.11 Å². The molecule has 2 aromatic rings. The average molecular weight is 326 g/mol. The van der Waals surface area contributed by atoms with Gasteiger partial charge in [-0.05, 0) is 42.7 Å². The minimum Gasteiger partial charge on any atom is -0.395 e. The van der Waals surface area contributed by atoms with Gasteiger partial charge in [0, 0.05) is 23.2 Å². The molecule has 0 radical (unpaired) electrons. The molecule has 2 nitrogen and oxygen atoms in total. The van der Waals surface area contributed by atoms with Crippen LogP contribution in [0.25, 0.3) is 0 Å². The number of hydrogen-bond acceptors (Lipinski definition) is 2. The van der Waals surface area contributed by atoms with Gasteiger partial charge < -0.3 is 5.11 Å². The second-order valence-electron chi connectivity index (χ2n) is 5.81. The SMILES string of the molecule is OC[C@@H]1CCCN1[C@H](C#Cc1ccc(Cl)cc1)c1ccccc1.